The van der Waals surface area contributed by atoms with E-state index in [1.807, 2.05) is 18.2 Å². The molecule has 0 radical (unpaired) electrons. The van der Waals surface area contributed by atoms with E-state index in [-0.39, 0.29) is 0 Å². The minimum atomic E-state index is 0.812. The first-order valence-electron chi connectivity index (χ1n) is 5.04. The Labute approximate surface area is 96.9 Å². The van der Waals surface area contributed by atoms with Crippen molar-refractivity contribution in [3.8, 4) is 10.7 Å². The summed E-state index contributed by atoms with van der Waals surface area (Å²) in [6.07, 6.45) is 0. The summed E-state index contributed by atoms with van der Waals surface area (Å²) in [5.74, 6) is 0.891. The fraction of sp³-hybridized carbons (Fsp3) is 0.0833. The largest absolute Gasteiger partial charge is 0.391 e. The molecule has 1 aromatic carbocycles. The summed E-state index contributed by atoms with van der Waals surface area (Å²) in [5.41, 5.74) is 9.01. The lowest BCUT2D eigenvalue weighted by molar-refractivity contribution is 1.36. The van der Waals surface area contributed by atoms with Crippen molar-refractivity contribution in [3.05, 3.63) is 35.9 Å². The van der Waals surface area contributed by atoms with Gasteiger partial charge in [-0.15, -0.1) is 11.3 Å². The molecular weight excluding hydrogens is 218 g/mol. The second-order valence-electron chi connectivity index (χ2n) is 3.81. The molecular formula is C12H11N3S. The van der Waals surface area contributed by atoms with Crippen LogP contribution in [-0.4, -0.2) is 9.97 Å². The Hall–Kier alpha value is -1.81. The van der Waals surface area contributed by atoms with Crippen LogP contribution in [0.4, 0.5) is 5.00 Å². The Morgan fingerprint density at radius 2 is 2.12 bits per heavy atom. The van der Waals surface area contributed by atoms with Gasteiger partial charge in [-0.1, -0.05) is 6.07 Å². The number of nitrogens with one attached hydrogen (secondary N) is 1. The highest BCUT2D eigenvalue weighted by Crippen LogP contribution is 2.29. The zero-order chi connectivity index (χ0) is 11.1. The van der Waals surface area contributed by atoms with Crippen molar-refractivity contribution in [2.24, 2.45) is 0 Å². The zero-order valence-electron chi connectivity index (χ0n) is 8.82. The smallest absolute Gasteiger partial charge is 0.148 e. The Morgan fingerprint density at radius 3 is 2.88 bits per heavy atom. The van der Waals surface area contributed by atoms with E-state index in [0.29, 0.717) is 0 Å². The molecule has 0 fully saturated rings. The average molecular weight is 229 g/mol. The van der Waals surface area contributed by atoms with Crippen molar-refractivity contribution in [1.82, 2.24) is 9.97 Å². The van der Waals surface area contributed by atoms with Crippen molar-refractivity contribution in [2.45, 2.75) is 6.92 Å². The molecule has 2 heterocycles. The number of anilines is 1. The standard InChI is InChI=1S/C12H11N3S/c1-7-2-3-8-9(6-7)15-12(14-8)10-4-5-11(13)16-10/h2-6H,13H2,1H3,(H,14,15). The van der Waals surface area contributed by atoms with E-state index in [1.165, 1.54) is 5.56 Å². The molecule has 16 heavy (non-hydrogen) atoms. The molecule has 3 aromatic rings. The molecule has 0 aliphatic carbocycles. The number of aryl methyl sites for hydroxylation is 1. The fourth-order valence-electron chi connectivity index (χ4n) is 1.72. The SMILES string of the molecule is Cc1ccc2nc(-c3ccc(N)s3)[nH]c2c1. The maximum absolute atomic E-state index is 5.71. The summed E-state index contributed by atoms with van der Waals surface area (Å²) in [4.78, 5) is 8.92. The molecule has 4 heteroatoms. The number of H-pyrrole nitrogens is 1. The van der Waals surface area contributed by atoms with Crippen molar-refractivity contribution in [2.75, 3.05) is 5.73 Å². The maximum Gasteiger partial charge on any atom is 0.148 e. The number of imidazole rings is 1. The third kappa shape index (κ3) is 1.47. The molecule has 3 rings (SSSR count). The number of aromatic nitrogens is 2. The van der Waals surface area contributed by atoms with E-state index in [2.05, 4.69) is 29.0 Å². The highest BCUT2D eigenvalue weighted by molar-refractivity contribution is 7.19. The van der Waals surface area contributed by atoms with Gasteiger partial charge in [-0.25, -0.2) is 4.98 Å². The lowest BCUT2D eigenvalue weighted by atomic mass is 10.2. The summed E-state index contributed by atoms with van der Waals surface area (Å²) in [7, 11) is 0. The third-order valence-corrected chi connectivity index (χ3v) is 3.42. The van der Waals surface area contributed by atoms with E-state index in [0.717, 1.165) is 26.7 Å². The monoisotopic (exact) mass is 229 g/mol. The second-order valence-corrected chi connectivity index (χ2v) is 4.92. The topological polar surface area (TPSA) is 54.7 Å². The molecule has 0 unspecified atom stereocenters. The number of rotatable bonds is 1. The van der Waals surface area contributed by atoms with Gasteiger partial charge >= 0.3 is 0 Å². The average Bonchev–Trinajstić information content (AvgIpc) is 2.83. The predicted molar refractivity (Wildman–Crippen MR) is 68.6 cm³/mol. The van der Waals surface area contributed by atoms with Gasteiger partial charge in [0.05, 0.1) is 20.9 Å². The Bertz CT molecular complexity index is 651. The van der Waals surface area contributed by atoms with Crippen LogP contribution >= 0.6 is 11.3 Å². The van der Waals surface area contributed by atoms with Gasteiger partial charge < -0.3 is 10.7 Å². The van der Waals surface area contributed by atoms with Gasteiger partial charge in [-0.2, -0.15) is 0 Å². The number of nitrogens with two attached hydrogens (primary N) is 1. The number of nitrogens with zero attached hydrogens (tertiary/aromatic N) is 1. The number of benzene rings is 1. The molecule has 3 nitrogen and oxygen atoms in total. The van der Waals surface area contributed by atoms with Crippen LogP contribution in [0.25, 0.3) is 21.7 Å². The van der Waals surface area contributed by atoms with E-state index in [9.17, 15) is 0 Å². The van der Waals surface area contributed by atoms with Crippen LogP contribution in [0.5, 0.6) is 0 Å². The van der Waals surface area contributed by atoms with Gasteiger partial charge in [-0.05, 0) is 36.8 Å². The highest BCUT2D eigenvalue weighted by Gasteiger charge is 2.06. The quantitative estimate of drug-likeness (QED) is 0.673. The number of hydrogen-bond acceptors (Lipinski definition) is 3. The van der Waals surface area contributed by atoms with Crippen molar-refractivity contribution in [1.29, 1.82) is 0 Å². The summed E-state index contributed by atoms with van der Waals surface area (Å²) >= 11 is 1.54. The molecule has 0 spiro atoms. The van der Waals surface area contributed by atoms with Gasteiger partial charge in [0.25, 0.3) is 0 Å². The normalized spacial score (nSPS) is 11.1. The van der Waals surface area contributed by atoms with Crippen LogP contribution in [-0.2, 0) is 0 Å². The van der Waals surface area contributed by atoms with Crippen LogP contribution in [0, 0.1) is 6.92 Å². The summed E-state index contributed by atoms with van der Waals surface area (Å²) in [5, 5.41) is 0.812. The molecule has 0 saturated carbocycles. The Morgan fingerprint density at radius 1 is 1.25 bits per heavy atom. The van der Waals surface area contributed by atoms with Crippen LogP contribution in [0.2, 0.25) is 0 Å². The highest BCUT2D eigenvalue weighted by atomic mass is 32.1. The van der Waals surface area contributed by atoms with Crippen LogP contribution in [0.3, 0.4) is 0 Å². The lowest BCUT2D eigenvalue weighted by Crippen LogP contribution is -1.74. The summed E-state index contributed by atoms with van der Waals surface area (Å²) in [6.45, 7) is 2.07. The second kappa shape index (κ2) is 3.35. The minimum absolute atomic E-state index is 0.812. The van der Waals surface area contributed by atoms with Gasteiger partial charge in [0.2, 0.25) is 0 Å². The van der Waals surface area contributed by atoms with Gasteiger partial charge in [0.15, 0.2) is 0 Å². The van der Waals surface area contributed by atoms with E-state index in [4.69, 9.17) is 5.73 Å². The first-order valence-corrected chi connectivity index (χ1v) is 5.86. The third-order valence-electron chi connectivity index (χ3n) is 2.50. The Kier molecular flexibility index (Phi) is 1.97. The van der Waals surface area contributed by atoms with Gasteiger partial charge in [0, 0.05) is 0 Å². The molecule has 0 bridgehead atoms. The number of nitrogen functional groups attached to an aromatic ring is 1. The molecule has 3 N–H and O–H groups in total. The number of hydrogen-bond donors (Lipinski definition) is 2. The number of fused-ring (bicyclic) bond motifs is 1. The molecule has 0 amide bonds. The minimum Gasteiger partial charge on any atom is -0.391 e. The van der Waals surface area contributed by atoms with Crippen molar-refractivity contribution in [3.63, 3.8) is 0 Å². The van der Waals surface area contributed by atoms with Gasteiger partial charge in [0.1, 0.15) is 5.82 Å². The van der Waals surface area contributed by atoms with Crippen LogP contribution < -0.4 is 5.73 Å². The molecule has 0 saturated heterocycles. The van der Waals surface area contributed by atoms with Crippen molar-refractivity contribution < 1.29 is 0 Å². The van der Waals surface area contributed by atoms with Crippen molar-refractivity contribution >= 4 is 27.4 Å². The van der Waals surface area contributed by atoms with E-state index in [1.54, 1.807) is 11.3 Å². The fourth-order valence-corrected chi connectivity index (χ4v) is 2.44. The summed E-state index contributed by atoms with van der Waals surface area (Å²) < 4.78 is 0. The molecule has 0 aliphatic heterocycles. The van der Waals surface area contributed by atoms with E-state index < -0.39 is 0 Å². The molecule has 0 aliphatic rings. The predicted octanol–water partition coefficient (Wildman–Crippen LogP) is 3.18. The lowest BCUT2D eigenvalue weighted by Gasteiger charge is -1.89. The number of thiophene rings is 1. The zero-order valence-corrected chi connectivity index (χ0v) is 9.64. The van der Waals surface area contributed by atoms with Gasteiger partial charge in [-0.3, -0.25) is 0 Å². The molecule has 80 valence electrons. The summed E-state index contributed by atoms with van der Waals surface area (Å²) in [6, 6.07) is 10.1. The molecule has 0 atom stereocenters. The first kappa shape index (κ1) is 9.42. The maximum atomic E-state index is 5.71. The van der Waals surface area contributed by atoms with Crippen LogP contribution in [0.1, 0.15) is 5.56 Å². The van der Waals surface area contributed by atoms with Crippen LogP contribution in [0.15, 0.2) is 30.3 Å². The van der Waals surface area contributed by atoms with E-state index >= 15 is 0 Å². The Balaban J connectivity index is 2.18. The molecule has 2 aromatic heterocycles. The first-order chi connectivity index (χ1) is 7.72. The number of aromatic amines is 1.